The lowest BCUT2D eigenvalue weighted by atomic mass is 9.58. The molecule has 0 amide bonds. The van der Waals surface area contributed by atoms with E-state index in [0.717, 1.165) is 72.6 Å². The Morgan fingerprint density at radius 1 is 0.591 bits per heavy atom. The standard InChI is InChI=1S/C61H62N4O/c1-58(2,3)41-33-40(34-42(35-41)64-51-26-16-14-22-45(51)46-24-18-32-62-56(46)64)44-23-17-27-52-54(44)63-57(65(52)50-25-15-13-21-43(50)38-19-11-10-12-20-38)47-36-48-49(37-53(47)66)61(8,9)55(60(48,6)7)39-28-30-59(4,5)31-29-39/h10-27,32-37,39,55,66H,28-31H2,1-9H3. The van der Waals surface area contributed by atoms with Gasteiger partial charge in [0, 0.05) is 33.8 Å². The van der Waals surface area contributed by atoms with E-state index in [1.165, 1.54) is 47.8 Å². The van der Waals surface area contributed by atoms with Crippen molar-refractivity contribution >= 4 is 33.0 Å². The average molecular weight is 867 g/mol. The van der Waals surface area contributed by atoms with Crippen LogP contribution in [0.2, 0.25) is 0 Å². The largest absolute Gasteiger partial charge is 0.507 e. The Kier molecular flexibility index (Phi) is 9.61. The molecule has 3 heterocycles. The monoisotopic (exact) mass is 866 g/mol. The second kappa shape index (κ2) is 15.0. The van der Waals surface area contributed by atoms with Crippen molar-refractivity contribution in [1.29, 1.82) is 0 Å². The first-order valence-corrected chi connectivity index (χ1v) is 24.1. The lowest BCUT2D eigenvalue weighted by Gasteiger charge is -2.46. The van der Waals surface area contributed by atoms with Crippen molar-refractivity contribution in [2.24, 2.45) is 17.3 Å². The molecule has 0 radical (unpaired) electrons. The summed E-state index contributed by atoms with van der Waals surface area (Å²) in [6.45, 7) is 21.5. The van der Waals surface area contributed by atoms with Crippen molar-refractivity contribution in [2.75, 3.05) is 0 Å². The number of phenolic OH excluding ortho intramolecular Hbond substituents is 1. The van der Waals surface area contributed by atoms with Crippen molar-refractivity contribution < 1.29 is 5.11 Å². The van der Waals surface area contributed by atoms with E-state index in [2.05, 4.69) is 205 Å². The second-order valence-electron chi connectivity index (χ2n) is 22.4. The highest BCUT2D eigenvalue weighted by Gasteiger charge is 2.55. The molecule has 0 bridgehead atoms. The number of benzene rings is 6. The number of aromatic nitrogens is 4. The van der Waals surface area contributed by atoms with E-state index in [4.69, 9.17) is 9.97 Å². The van der Waals surface area contributed by atoms with E-state index < -0.39 is 0 Å². The molecule has 2 aliphatic rings. The highest BCUT2D eigenvalue weighted by atomic mass is 16.3. The fraction of sp³-hybridized carbons (Fsp3) is 0.311. The number of aromatic hydroxyl groups is 1. The van der Waals surface area contributed by atoms with E-state index in [1.807, 2.05) is 12.3 Å². The summed E-state index contributed by atoms with van der Waals surface area (Å²) in [5.74, 6) is 2.08. The molecule has 1 saturated carbocycles. The minimum atomic E-state index is -0.146. The zero-order valence-electron chi connectivity index (χ0n) is 40.1. The highest BCUT2D eigenvalue weighted by Crippen LogP contribution is 2.61. The maximum Gasteiger partial charge on any atom is 0.149 e. The summed E-state index contributed by atoms with van der Waals surface area (Å²) in [6, 6.07) is 50.0. The molecule has 1 atom stereocenters. The Labute approximate surface area is 390 Å². The first-order chi connectivity index (χ1) is 31.5. The van der Waals surface area contributed by atoms with Crippen LogP contribution in [0, 0.1) is 17.3 Å². The maximum atomic E-state index is 12.5. The molecule has 0 aliphatic heterocycles. The Bertz CT molecular complexity index is 3290. The summed E-state index contributed by atoms with van der Waals surface area (Å²) < 4.78 is 4.62. The van der Waals surface area contributed by atoms with E-state index in [0.29, 0.717) is 17.3 Å². The van der Waals surface area contributed by atoms with Crippen LogP contribution in [0.15, 0.2) is 146 Å². The van der Waals surface area contributed by atoms with E-state index in [-0.39, 0.29) is 22.0 Å². The van der Waals surface area contributed by atoms with Crippen LogP contribution in [-0.2, 0) is 16.2 Å². The topological polar surface area (TPSA) is 55.9 Å². The van der Waals surface area contributed by atoms with Crippen LogP contribution >= 0.6 is 0 Å². The third-order valence-corrected chi connectivity index (χ3v) is 15.9. The Morgan fingerprint density at radius 3 is 2.00 bits per heavy atom. The van der Waals surface area contributed by atoms with E-state index >= 15 is 0 Å². The van der Waals surface area contributed by atoms with Crippen molar-refractivity contribution in [3.63, 3.8) is 0 Å². The minimum Gasteiger partial charge on any atom is -0.507 e. The van der Waals surface area contributed by atoms with Crippen molar-refractivity contribution in [1.82, 2.24) is 19.1 Å². The minimum absolute atomic E-state index is 0.101. The SMILES string of the molecule is CC1(C)CCC(C2C(C)(C)c3cc(O)c(-c4nc5c(-c6cc(-n7c8ccccc8c8cccnc87)cc(C(C)(C)C)c6)cccc5n4-c4ccccc4-c4ccccc4)cc3C2(C)C)CC1. The van der Waals surface area contributed by atoms with Gasteiger partial charge in [0.25, 0.3) is 0 Å². The summed E-state index contributed by atoms with van der Waals surface area (Å²) in [6.07, 6.45) is 6.91. The number of nitrogens with zero attached hydrogens (tertiary/aromatic N) is 4. The number of para-hydroxylation sites is 3. The first-order valence-electron chi connectivity index (χ1n) is 24.1. The van der Waals surface area contributed by atoms with Gasteiger partial charge >= 0.3 is 0 Å². The zero-order valence-corrected chi connectivity index (χ0v) is 40.1. The number of imidazole rings is 1. The van der Waals surface area contributed by atoms with Gasteiger partial charge in [-0.2, -0.15) is 0 Å². The normalized spacial score (nSPS) is 18.0. The fourth-order valence-electron chi connectivity index (χ4n) is 12.7. The summed E-state index contributed by atoms with van der Waals surface area (Å²) >= 11 is 0. The third kappa shape index (κ3) is 6.63. The van der Waals surface area contributed by atoms with Crippen LogP contribution in [-0.4, -0.2) is 24.2 Å². The molecule has 2 aliphatic carbocycles. The van der Waals surface area contributed by atoms with Gasteiger partial charge in [-0.1, -0.05) is 147 Å². The van der Waals surface area contributed by atoms with Crippen molar-refractivity contribution in [2.45, 2.75) is 104 Å². The van der Waals surface area contributed by atoms with Gasteiger partial charge in [0.05, 0.1) is 27.8 Å². The van der Waals surface area contributed by atoms with E-state index in [9.17, 15) is 5.11 Å². The van der Waals surface area contributed by atoms with Crippen LogP contribution < -0.4 is 0 Å². The smallest absolute Gasteiger partial charge is 0.149 e. The maximum absolute atomic E-state index is 12.5. The fourth-order valence-corrected chi connectivity index (χ4v) is 12.7. The first kappa shape index (κ1) is 42.2. The van der Waals surface area contributed by atoms with Crippen LogP contribution in [0.3, 0.4) is 0 Å². The Balaban J connectivity index is 1.16. The predicted octanol–water partition coefficient (Wildman–Crippen LogP) is 15.9. The summed E-state index contributed by atoms with van der Waals surface area (Å²) in [4.78, 5) is 10.7. The van der Waals surface area contributed by atoms with Gasteiger partial charge in [-0.05, 0) is 142 Å². The second-order valence-corrected chi connectivity index (χ2v) is 22.4. The molecule has 11 rings (SSSR count). The van der Waals surface area contributed by atoms with E-state index in [1.54, 1.807) is 0 Å². The predicted molar refractivity (Wildman–Crippen MR) is 275 cm³/mol. The highest BCUT2D eigenvalue weighted by molar-refractivity contribution is 6.08. The lowest BCUT2D eigenvalue weighted by Crippen LogP contribution is -2.41. The molecule has 1 unspecified atom stereocenters. The van der Waals surface area contributed by atoms with Gasteiger partial charge in [0.15, 0.2) is 0 Å². The molecule has 66 heavy (non-hydrogen) atoms. The number of hydrogen-bond donors (Lipinski definition) is 1. The van der Waals surface area contributed by atoms with Gasteiger partial charge in [-0.3, -0.25) is 9.13 Å². The number of rotatable bonds is 6. The van der Waals surface area contributed by atoms with Crippen LogP contribution in [0.5, 0.6) is 5.75 Å². The summed E-state index contributed by atoms with van der Waals surface area (Å²) in [5, 5.41) is 14.9. The van der Waals surface area contributed by atoms with Gasteiger partial charge < -0.3 is 5.11 Å². The molecule has 332 valence electrons. The van der Waals surface area contributed by atoms with Crippen molar-refractivity contribution in [3.8, 4) is 50.8 Å². The lowest BCUT2D eigenvalue weighted by molar-refractivity contribution is 0.0790. The number of fused-ring (bicyclic) bond motifs is 5. The summed E-state index contributed by atoms with van der Waals surface area (Å²) in [7, 11) is 0. The quantitative estimate of drug-likeness (QED) is 0.181. The van der Waals surface area contributed by atoms with Crippen LogP contribution in [0.25, 0.3) is 78.0 Å². The van der Waals surface area contributed by atoms with Crippen molar-refractivity contribution in [3.05, 3.63) is 162 Å². The number of phenols is 1. The average Bonchev–Trinajstić information content (AvgIpc) is 3.90. The molecule has 9 aromatic rings. The van der Waals surface area contributed by atoms with Gasteiger partial charge in [0.2, 0.25) is 0 Å². The molecule has 5 heteroatoms. The molecule has 5 nitrogen and oxygen atoms in total. The summed E-state index contributed by atoms with van der Waals surface area (Å²) in [5.41, 5.74) is 15.0. The molecule has 6 aromatic carbocycles. The molecule has 1 N–H and O–H groups in total. The molecule has 1 fully saturated rings. The Hall–Kier alpha value is -6.46. The van der Waals surface area contributed by atoms with Gasteiger partial charge in [-0.15, -0.1) is 0 Å². The van der Waals surface area contributed by atoms with Crippen LogP contribution in [0.4, 0.5) is 0 Å². The molecular weight excluding hydrogens is 805 g/mol. The molecule has 0 saturated heterocycles. The van der Waals surface area contributed by atoms with Gasteiger partial charge in [0.1, 0.15) is 17.2 Å². The Morgan fingerprint density at radius 2 is 1.24 bits per heavy atom. The number of hydrogen-bond acceptors (Lipinski definition) is 3. The number of pyridine rings is 1. The third-order valence-electron chi connectivity index (χ3n) is 15.9. The molecule has 3 aromatic heterocycles. The molecule has 0 spiro atoms. The molecular formula is C61H62N4O. The van der Waals surface area contributed by atoms with Crippen LogP contribution in [0.1, 0.15) is 105 Å². The zero-order chi connectivity index (χ0) is 45.9. The van der Waals surface area contributed by atoms with Gasteiger partial charge in [-0.25, -0.2) is 9.97 Å².